The van der Waals surface area contributed by atoms with Crippen LogP contribution in [0.15, 0.2) is 0 Å². The van der Waals surface area contributed by atoms with E-state index < -0.39 is 222 Å². The number of urea groups is 3. The third kappa shape index (κ3) is 25.0. The lowest BCUT2D eigenvalue weighted by Gasteiger charge is -2.43. The van der Waals surface area contributed by atoms with Gasteiger partial charge >= 0.3 is 18.1 Å². The number of amides is 15. The van der Waals surface area contributed by atoms with Crippen molar-refractivity contribution in [2.24, 2.45) is 73.9 Å². The van der Waals surface area contributed by atoms with Crippen molar-refractivity contribution < 1.29 is 97.2 Å². The Labute approximate surface area is 883 Å². The van der Waals surface area contributed by atoms with Crippen molar-refractivity contribution in [1.82, 2.24) is 91.4 Å². The highest BCUT2D eigenvalue weighted by atomic mass is 32.2. The molecule has 39 nitrogen and oxygen atoms in total. The van der Waals surface area contributed by atoms with E-state index in [0.29, 0.717) is 148 Å². The molecule has 42 heteroatoms. The Morgan fingerprint density at radius 2 is 0.624 bits per heavy atom. The van der Waals surface area contributed by atoms with Gasteiger partial charge in [-0.1, -0.05) is 221 Å². The minimum Gasteiger partial charge on any atom is -0.347 e. The lowest BCUT2D eigenvalue weighted by molar-refractivity contribution is -0.145. The average molecular weight is 2150 g/mol. The number of carbonyl (C=O) groups is 15. The zero-order valence-corrected chi connectivity index (χ0v) is 94.6. The van der Waals surface area contributed by atoms with Gasteiger partial charge in [-0.05, 0) is 196 Å². The van der Waals surface area contributed by atoms with E-state index in [9.17, 15) is 97.2 Å². The number of rotatable bonds is 37. The van der Waals surface area contributed by atoms with E-state index in [1.165, 1.54) is 17.8 Å². The summed E-state index contributed by atoms with van der Waals surface area (Å²) in [5.41, 5.74) is -5.65. The van der Waals surface area contributed by atoms with Crippen molar-refractivity contribution in [3.8, 4) is 0 Å². The van der Waals surface area contributed by atoms with Gasteiger partial charge in [0.1, 0.15) is 36.3 Å². The van der Waals surface area contributed by atoms with E-state index in [2.05, 4.69) is 105 Å². The van der Waals surface area contributed by atoms with Crippen LogP contribution in [0, 0.1) is 73.9 Å². The fourth-order valence-electron chi connectivity index (χ4n) is 26.8. The van der Waals surface area contributed by atoms with Gasteiger partial charge in [0.15, 0.2) is 0 Å². The summed E-state index contributed by atoms with van der Waals surface area (Å²) in [6.07, 6.45) is 23.1. The number of sulfonamides is 3. The summed E-state index contributed by atoms with van der Waals surface area (Å²) in [5, 5.41) is 32.6. The van der Waals surface area contributed by atoms with Crippen LogP contribution in [0.5, 0.6) is 0 Å². The van der Waals surface area contributed by atoms with Crippen molar-refractivity contribution in [2.45, 2.75) is 448 Å². The number of nitrogens with zero attached hydrogens (tertiary/aromatic N) is 6. The first-order valence-corrected chi connectivity index (χ1v) is 60.7. The minimum absolute atomic E-state index is 0.00516. The molecule has 149 heavy (non-hydrogen) atoms. The van der Waals surface area contributed by atoms with Gasteiger partial charge in [0.25, 0.3) is 17.7 Å². The largest absolute Gasteiger partial charge is 0.347 e. The molecule has 15 amide bonds. The number of ketones is 3. The standard InChI is InChI=1S/C37H60N6O7S.C36H60N6O7S.C34H56N6O7S/c1-7-42-20-17-26(51(42,49)50)37(18-9-8-10-19-37)41-34(48)40-30(35(2,3)4)33(47)43-21-24-27(36(24,5)6)28(43)31(45)39-25(16-13-22-11-12-22)29(44)32(46)38-23-14-15-23;1-8-10-14-24(28(43)31(45)37-22-15-16-22)38-30(44)27-26-23(35(26,6)7)21-42(27)32(46)29(34(3,4)5)39-33(47)40-36(18-12-11-13-19-36)25-17-20-41(9-2)50(25,48)49;1-8-12-22(26(41)29(43)35-20-13-14-20)36-28(42)25-24-21(33(24,5)6)19-40(25)30(44)27(32(2,3)4)37-31(45)38-34(16-10-9-11-17-34)23-15-18-39(7)48(23,46)47/h22-28,30H,7-21H2,1-6H3,(H,38,46)(H,39,45)(H2,40,41,48);22-27,29H,8-21H2,1-7H3,(H,37,45)(H,38,44)(H2,39,40,47);20-25,27H,8-19H2,1-7H3,(H,35,43)(H,36,42)(H2,37,38,45)/t24-,25-,26-,27-,28-,30+;23-,24-,25-,26-,27-,29+;21-,22-,23-,24-,25-,27+/m000/s1. The van der Waals surface area contributed by atoms with Crippen molar-refractivity contribution in [2.75, 3.05) is 59.4 Å². The zero-order valence-electron chi connectivity index (χ0n) is 92.2. The van der Waals surface area contributed by atoms with E-state index >= 15 is 0 Å². The number of likely N-dealkylation sites (tertiary alicyclic amines) is 3. The lowest BCUT2D eigenvalue weighted by Crippen LogP contribution is -2.65. The molecule has 12 N–H and O–H groups in total. The molecular weight excluding hydrogens is 1970 g/mol. The fourth-order valence-corrected chi connectivity index (χ4v) is 33.5. The highest BCUT2D eigenvalue weighted by Crippen LogP contribution is 2.68. The molecule has 0 aromatic rings. The Morgan fingerprint density at radius 1 is 0.342 bits per heavy atom. The van der Waals surface area contributed by atoms with Crippen LogP contribution in [0.25, 0.3) is 0 Å². The summed E-state index contributed by atoms with van der Waals surface area (Å²) in [4.78, 5) is 210. The molecule has 838 valence electrons. The number of hydrogen-bond donors (Lipinski definition) is 12. The summed E-state index contributed by atoms with van der Waals surface area (Å²) in [6.45, 7) is 39.5. The molecule has 6 aliphatic heterocycles. The number of Topliss-reactive ketones (excluding diaryl/α,β-unsaturated/α-hetero) is 3. The molecule has 6 heterocycles. The van der Waals surface area contributed by atoms with Crippen LogP contribution >= 0.6 is 0 Å². The van der Waals surface area contributed by atoms with Crippen LogP contribution in [-0.2, 0) is 87.6 Å². The van der Waals surface area contributed by atoms with E-state index in [4.69, 9.17) is 0 Å². The first kappa shape index (κ1) is 116. The Hall–Kier alpha value is -8.22. The third-order valence-electron chi connectivity index (χ3n) is 36.8. The zero-order chi connectivity index (χ0) is 109. The molecule has 16 fully saturated rings. The van der Waals surface area contributed by atoms with E-state index in [0.717, 1.165) is 122 Å². The van der Waals surface area contributed by atoms with Gasteiger partial charge < -0.3 is 78.5 Å². The minimum atomic E-state index is -3.61. The van der Waals surface area contributed by atoms with Crippen molar-refractivity contribution in [3.63, 3.8) is 0 Å². The smallest absolute Gasteiger partial charge is 0.315 e. The van der Waals surface area contributed by atoms with Gasteiger partial charge in [-0.25, -0.2) is 52.6 Å². The second-order valence-electron chi connectivity index (χ2n) is 51.8. The second kappa shape index (κ2) is 44.6. The molecular formula is C107H176N18O21S3. The van der Waals surface area contributed by atoms with E-state index in [1.54, 1.807) is 16.8 Å². The molecule has 16 aliphatic rings. The van der Waals surface area contributed by atoms with Crippen molar-refractivity contribution in [3.05, 3.63) is 0 Å². The molecule has 18 atom stereocenters. The normalized spacial score (nSPS) is 29.9. The van der Waals surface area contributed by atoms with Gasteiger partial charge in [0.05, 0.1) is 50.5 Å². The number of nitrogens with one attached hydrogen (secondary N) is 12. The molecule has 0 unspecified atom stereocenters. The predicted molar refractivity (Wildman–Crippen MR) is 561 cm³/mol. The number of carbonyl (C=O) groups excluding carboxylic acids is 15. The molecule has 0 radical (unpaired) electrons. The van der Waals surface area contributed by atoms with E-state index in [1.807, 2.05) is 90.0 Å². The number of fused-ring (bicyclic) bond motifs is 3. The Bertz CT molecular complexity index is 5410. The van der Waals surface area contributed by atoms with Crippen LogP contribution in [0.2, 0.25) is 0 Å². The molecule has 0 aromatic heterocycles. The van der Waals surface area contributed by atoms with Crippen LogP contribution in [0.4, 0.5) is 14.4 Å². The Balaban J connectivity index is 0.000000176. The second-order valence-corrected chi connectivity index (χ2v) is 58.2. The molecule has 10 aliphatic carbocycles. The van der Waals surface area contributed by atoms with Gasteiger partial charge in [0, 0.05) is 77.5 Å². The van der Waals surface area contributed by atoms with Gasteiger partial charge in [0.2, 0.25) is 82.9 Å². The highest BCUT2D eigenvalue weighted by molar-refractivity contribution is 7.90. The third-order valence-corrected chi connectivity index (χ3v) is 44.4. The molecule has 6 saturated heterocycles. The summed E-state index contributed by atoms with van der Waals surface area (Å²) in [6, 6.07) is -10.4. The van der Waals surface area contributed by atoms with Gasteiger partial charge in [-0.2, -0.15) is 0 Å². The maximum Gasteiger partial charge on any atom is 0.315 e. The van der Waals surface area contributed by atoms with Crippen molar-refractivity contribution >= 4 is 119 Å². The topological polar surface area (TPSA) is 522 Å². The van der Waals surface area contributed by atoms with Crippen LogP contribution in [0.3, 0.4) is 0 Å². The highest BCUT2D eigenvalue weighted by Gasteiger charge is 2.74. The Morgan fingerprint density at radius 3 is 0.872 bits per heavy atom. The molecule has 0 spiro atoms. The lowest BCUT2D eigenvalue weighted by atomic mass is 9.78. The molecule has 0 bridgehead atoms. The predicted octanol–water partition coefficient (Wildman–Crippen LogP) is 7.72. The SMILES string of the molecule is CCCC[C@H](NC(=O)[C@@H]1[C@@H]2[C@H](CN1C(=O)[C@@H](NC(=O)NC1([C@@H]3CCN(CC)S3(=O)=O)CCCCC1)C(C)(C)C)C2(C)C)C(=O)C(=O)NC1CC1.CCC[C@H](NC(=O)[C@@H]1[C@@H]2[C@H](CN1C(=O)[C@@H](NC(=O)NC1([C@@H]3CCN(C)S3(=O)=O)CCCCC1)C(C)(C)C)C2(C)C)C(=O)C(=O)NC1CC1.CCN1CC[C@@H](C2(NC(=O)N[C@H](C(=O)N3C[C@H]4[C@@H]([C@H]3C(=O)N[C@@H](CCC3CC3)C(=O)C(=O)NC3CC3)C4(C)C)C(C)(C)C)CCCCC2)S1(=O)=O. The number of hydrogen-bond acceptors (Lipinski definition) is 21. The van der Waals surface area contributed by atoms with Crippen LogP contribution in [0.1, 0.15) is 343 Å². The van der Waals surface area contributed by atoms with Gasteiger partial charge in [-0.15, -0.1) is 0 Å². The van der Waals surface area contributed by atoms with Crippen LogP contribution in [-0.4, -0.2) is 306 Å². The van der Waals surface area contributed by atoms with E-state index in [-0.39, 0.29) is 69.9 Å². The first-order chi connectivity index (χ1) is 69.6. The number of unbranched alkanes of at least 4 members (excludes halogenated alkanes) is 1. The van der Waals surface area contributed by atoms with Gasteiger partial charge in [-0.3, -0.25) is 57.5 Å². The molecule has 16 rings (SSSR count). The molecule has 0 aromatic carbocycles. The molecule has 10 saturated carbocycles. The summed E-state index contributed by atoms with van der Waals surface area (Å²) in [7, 11) is -9.24. The van der Waals surface area contributed by atoms with Crippen LogP contribution < -0.4 is 63.8 Å². The summed E-state index contributed by atoms with van der Waals surface area (Å²) >= 11 is 0. The summed E-state index contributed by atoms with van der Waals surface area (Å²) < 4.78 is 85.1. The maximum atomic E-state index is 14.6. The average Bonchev–Trinajstić information content (AvgIpc) is 1.53. The quantitative estimate of drug-likeness (QED) is 0.0265. The number of piperidine rings is 3. The first-order valence-electron chi connectivity index (χ1n) is 56.2. The van der Waals surface area contributed by atoms with Crippen molar-refractivity contribution in [1.29, 1.82) is 0 Å². The Kier molecular flexibility index (Phi) is 34.8. The maximum absolute atomic E-state index is 14.6. The monoisotopic (exact) mass is 2150 g/mol. The summed E-state index contributed by atoms with van der Waals surface area (Å²) in [5.74, 6) is -6.33. The fraction of sp³-hybridized carbons (Fsp3) is 0.860.